The van der Waals surface area contributed by atoms with Gasteiger partial charge in [-0.1, -0.05) is 11.6 Å². The summed E-state index contributed by atoms with van der Waals surface area (Å²) < 4.78 is 31.7. The Balaban J connectivity index is 1.61. The van der Waals surface area contributed by atoms with E-state index >= 15 is 0 Å². The number of nitrogens with zero attached hydrogens (tertiary/aromatic N) is 1. The van der Waals surface area contributed by atoms with Gasteiger partial charge < -0.3 is 15.1 Å². The zero-order valence-electron chi connectivity index (χ0n) is 15.0. The van der Waals surface area contributed by atoms with Crippen molar-refractivity contribution in [1.82, 2.24) is 14.9 Å². The van der Waals surface area contributed by atoms with Gasteiger partial charge in [0.1, 0.15) is 0 Å². The number of furan rings is 1. The minimum Gasteiger partial charge on any atom is -0.459 e. The van der Waals surface area contributed by atoms with Crippen molar-refractivity contribution in [3.63, 3.8) is 0 Å². The van der Waals surface area contributed by atoms with Crippen molar-refractivity contribution >= 4 is 33.4 Å². The van der Waals surface area contributed by atoms with Crippen LogP contribution in [0.3, 0.4) is 0 Å². The van der Waals surface area contributed by atoms with E-state index in [4.69, 9.17) is 16.0 Å². The number of benzene rings is 1. The van der Waals surface area contributed by atoms with E-state index in [1.54, 1.807) is 6.07 Å². The van der Waals surface area contributed by atoms with Crippen molar-refractivity contribution in [2.75, 3.05) is 26.2 Å². The van der Waals surface area contributed by atoms with E-state index in [9.17, 15) is 18.0 Å². The number of halogens is 1. The Kier molecular flexibility index (Phi) is 6.38. The van der Waals surface area contributed by atoms with Gasteiger partial charge >= 0.3 is 0 Å². The third kappa shape index (κ3) is 4.54. The van der Waals surface area contributed by atoms with E-state index in [0.29, 0.717) is 13.1 Å². The van der Waals surface area contributed by atoms with Gasteiger partial charge in [-0.15, -0.1) is 0 Å². The highest BCUT2D eigenvalue weighted by Crippen LogP contribution is 2.25. The van der Waals surface area contributed by atoms with Gasteiger partial charge in [0.15, 0.2) is 5.76 Å². The van der Waals surface area contributed by atoms with Crippen LogP contribution in [0.1, 0.15) is 33.8 Å². The first kappa shape index (κ1) is 20.4. The molecular weight excluding hydrogens is 406 g/mol. The molecule has 2 heterocycles. The molecule has 1 fully saturated rings. The second kappa shape index (κ2) is 8.76. The Labute approximate surface area is 167 Å². The second-order valence-corrected chi connectivity index (χ2v) is 8.59. The zero-order valence-corrected chi connectivity index (χ0v) is 16.6. The minimum absolute atomic E-state index is 0.0371. The van der Waals surface area contributed by atoms with Gasteiger partial charge in [0, 0.05) is 26.2 Å². The van der Waals surface area contributed by atoms with Crippen molar-refractivity contribution in [2.45, 2.75) is 17.7 Å². The zero-order chi connectivity index (χ0) is 20.1. The molecule has 0 unspecified atom stereocenters. The largest absolute Gasteiger partial charge is 0.459 e. The van der Waals surface area contributed by atoms with Gasteiger partial charge in [-0.05, 0) is 43.2 Å². The van der Waals surface area contributed by atoms with Crippen LogP contribution in [-0.2, 0) is 10.0 Å². The highest BCUT2D eigenvalue weighted by atomic mass is 35.5. The van der Waals surface area contributed by atoms with E-state index in [-0.39, 0.29) is 34.3 Å². The molecule has 0 saturated carbocycles. The summed E-state index contributed by atoms with van der Waals surface area (Å²) in [5.74, 6) is -0.735. The second-order valence-electron chi connectivity index (χ2n) is 6.24. The number of sulfonamides is 1. The maximum absolute atomic E-state index is 12.7. The highest BCUT2D eigenvalue weighted by Gasteiger charge is 2.28. The average molecular weight is 426 g/mol. The minimum atomic E-state index is -3.65. The van der Waals surface area contributed by atoms with Crippen LogP contribution >= 0.6 is 11.6 Å². The molecule has 0 spiro atoms. The lowest BCUT2D eigenvalue weighted by atomic mass is 10.2. The Bertz CT molecular complexity index is 954. The van der Waals surface area contributed by atoms with Crippen molar-refractivity contribution in [3.05, 3.63) is 52.9 Å². The van der Waals surface area contributed by atoms with Crippen molar-refractivity contribution in [2.24, 2.45) is 0 Å². The summed E-state index contributed by atoms with van der Waals surface area (Å²) in [5.41, 5.74) is 0.0688. The standard InChI is InChI=1S/C18H20ClN3O5S/c19-15-6-5-13(28(25,26)22-9-1-2-10-22)12-14(15)17(23)20-7-8-21-18(24)16-4-3-11-27-16/h3-6,11-12H,1-2,7-10H2,(H,20,23)(H,21,24). The van der Waals surface area contributed by atoms with Gasteiger partial charge in [-0.25, -0.2) is 8.42 Å². The van der Waals surface area contributed by atoms with Crippen molar-refractivity contribution in [1.29, 1.82) is 0 Å². The quantitative estimate of drug-likeness (QED) is 0.658. The average Bonchev–Trinajstić information content (AvgIpc) is 3.39. The summed E-state index contributed by atoms with van der Waals surface area (Å²) in [6.45, 7) is 1.27. The molecule has 1 saturated heterocycles. The van der Waals surface area contributed by atoms with E-state index in [0.717, 1.165) is 12.8 Å². The van der Waals surface area contributed by atoms with Crippen LogP contribution in [0, 0.1) is 0 Å². The number of carbonyl (C=O) groups excluding carboxylic acids is 2. The summed E-state index contributed by atoms with van der Waals surface area (Å²) in [6.07, 6.45) is 3.04. The molecule has 10 heteroatoms. The molecule has 1 aromatic carbocycles. The van der Waals surface area contributed by atoms with Gasteiger partial charge in [-0.3, -0.25) is 9.59 Å². The maximum atomic E-state index is 12.7. The molecule has 0 aliphatic carbocycles. The fourth-order valence-electron chi connectivity index (χ4n) is 2.86. The lowest BCUT2D eigenvalue weighted by molar-refractivity contribution is 0.0910. The van der Waals surface area contributed by atoms with Gasteiger partial charge in [0.05, 0.1) is 21.7 Å². The topological polar surface area (TPSA) is 109 Å². The van der Waals surface area contributed by atoms with E-state index in [2.05, 4.69) is 10.6 Å². The van der Waals surface area contributed by atoms with Crippen LogP contribution in [0.2, 0.25) is 5.02 Å². The molecule has 2 amide bonds. The van der Waals surface area contributed by atoms with Crippen LogP contribution in [0.15, 0.2) is 45.9 Å². The van der Waals surface area contributed by atoms with Crippen LogP contribution in [0.5, 0.6) is 0 Å². The summed E-state index contributed by atoms with van der Waals surface area (Å²) >= 11 is 6.08. The maximum Gasteiger partial charge on any atom is 0.287 e. The van der Waals surface area contributed by atoms with Gasteiger partial charge in [0.2, 0.25) is 10.0 Å². The smallest absolute Gasteiger partial charge is 0.287 e. The Morgan fingerprint density at radius 1 is 1.07 bits per heavy atom. The first-order valence-electron chi connectivity index (χ1n) is 8.79. The lowest BCUT2D eigenvalue weighted by Gasteiger charge is -2.16. The summed E-state index contributed by atoms with van der Waals surface area (Å²) in [5, 5.41) is 5.36. The molecule has 8 nitrogen and oxygen atoms in total. The normalized spacial score (nSPS) is 14.8. The molecule has 1 aliphatic rings. The Morgan fingerprint density at radius 3 is 2.39 bits per heavy atom. The predicted octanol–water partition coefficient (Wildman–Crippen LogP) is 1.88. The molecular formula is C18H20ClN3O5S. The molecule has 2 aromatic rings. The monoisotopic (exact) mass is 425 g/mol. The molecule has 1 aliphatic heterocycles. The molecule has 0 radical (unpaired) electrons. The molecule has 0 atom stereocenters. The van der Waals surface area contributed by atoms with E-state index < -0.39 is 21.8 Å². The van der Waals surface area contributed by atoms with Crippen LogP contribution in [-0.4, -0.2) is 50.7 Å². The first-order valence-corrected chi connectivity index (χ1v) is 10.6. The van der Waals surface area contributed by atoms with E-state index in [1.807, 2.05) is 0 Å². The van der Waals surface area contributed by atoms with E-state index in [1.165, 1.54) is 34.8 Å². The molecule has 150 valence electrons. The summed E-state index contributed by atoms with van der Waals surface area (Å²) in [4.78, 5) is 24.2. The lowest BCUT2D eigenvalue weighted by Crippen LogP contribution is -2.34. The number of rotatable bonds is 7. The molecule has 0 bridgehead atoms. The number of amides is 2. The Morgan fingerprint density at radius 2 is 1.75 bits per heavy atom. The number of nitrogens with one attached hydrogen (secondary N) is 2. The van der Waals surface area contributed by atoms with Crippen LogP contribution < -0.4 is 10.6 Å². The van der Waals surface area contributed by atoms with Gasteiger partial charge in [0.25, 0.3) is 11.8 Å². The van der Waals surface area contributed by atoms with Crippen molar-refractivity contribution in [3.8, 4) is 0 Å². The molecule has 3 rings (SSSR count). The number of hydrogen-bond acceptors (Lipinski definition) is 5. The first-order chi connectivity index (χ1) is 13.4. The number of carbonyl (C=O) groups is 2. The predicted molar refractivity (Wildman–Crippen MR) is 103 cm³/mol. The van der Waals surface area contributed by atoms with Crippen molar-refractivity contribution < 1.29 is 22.4 Å². The summed E-state index contributed by atoms with van der Waals surface area (Å²) in [7, 11) is -3.65. The van der Waals surface area contributed by atoms with Gasteiger partial charge in [-0.2, -0.15) is 4.31 Å². The summed E-state index contributed by atoms with van der Waals surface area (Å²) in [6, 6.07) is 7.21. The fourth-order valence-corrected chi connectivity index (χ4v) is 4.61. The molecule has 28 heavy (non-hydrogen) atoms. The van der Waals surface area contributed by atoms with Crippen LogP contribution in [0.25, 0.3) is 0 Å². The molecule has 1 aromatic heterocycles. The third-order valence-electron chi connectivity index (χ3n) is 4.33. The fraction of sp³-hybridized carbons (Fsp3) is 0.333. The SMILES string of the molecule is O=C(NCCNC(=O)c1cc(S(=O)(=O)N2CCCC2)ccc1Cl)c1ccco1. The number of hydrogen-bond donors (Lipinski definition) is 2. The Hall–Kier alpha value is -2.36. The third-order valence-corrected chi connectivity index (χ3v) is 6.55. The van der Waals surface area contributed by atoms with Crippen LogP contribution in [0.4, 0.5) is 0 Å². The highest BCUT2D eigenvalue weighted by molar-refractivity contribution is 7.89. The molecule has 2 N–H and O–H groups in total.